The van der Waals surface area contributed by atoms with Gasteiger partial charge in [-0.3, -0.25) is 0 Å². The summed E-state index contributed by atoms with van der Waals surface area (Å²) in [5.41, 5.74) is 2.45. The van der Waals surface area contributed by atoms with Gasteiger partial charge in [0.2, 0.25) is 0 Å². The lowest BCUT2D eigenvalue weighted by Crippen LogP contribution is -2.23. The summed E-state index contributed by atoms with van der Waals surface area (Å²) >= 11 is 0. The topological polar surface area (TPSA) is 29.5 Å². The molecule has 2 heteroatoms. The molecular formula is C14H22O2. The van der Waals surface area contributed by atoms with Gasteiger partial charge in [0.15, 0.2) is 0 Å². The maximum Gasteiger partial charge on any atom is 0.0553 e. The fourth-order valence-corrected chi connectivity index (χ4v) is 1.90. The van der Waals surface area contributed by atoms with E-state index in [1.54, 1.807) is 7.11 Å². The molecule has 1 N–H and O–H groups in total. The van der Waals surface area contributed by atoms with Crippen molar-refractivity contribution in [2.75, 3.05) is 13.7 Å². The fraction of sp³-hybridized carbons (Fsp3) is 0.571. The number of aliphatic hydroxyl groups excluding tert-OH is 1. The van der Waals surface area contributed by atoms with E-state index in [1.165, 1.54) is 11.1 Å². The number of hydrogen-bond donors (Lipinski definition) is 1. The van der Waals surface area contributed by atoms with E-state index in [4.69, 9.17) is 4.74 Å². The normalized spacial score (nSPS) is 13.8. The molecule has 0 aromatic heterocycles. The highest BCUT2D eigenvalue weighted by molar-refractivity contribution is 5.29. The van der Waals surface area contributed by atoms with E-state index in [2.05, 4.69) is 32.0 Å². The van der Waals surface area contributed by atoms with Crippen molar-refractivity contribution in [1.29, 1.82) is 0 Å². The van der Waals surface area contributed by atoms with Crippen LogP contribution in [0.25, 0.3) is 0 Å². The molecule has 0 saturated heterocycles. The third-order valence-corrected chi connectivity index (χ3v) is 2.74. The Morgan fingerprint density at radius 3 is 2.62 bits per heavy atom. The van der Waals surface area contributed by atoms with Crippen LogP contribution in [0.4, 0.5) is 0 Å². The summed E-state index contributed by atoms with van der Waals surface area (Å²) in [5.74, 6) is 0. The zero-order valence-electron chi connectivity index (χ0n) is 10.7. The molecule has 1 atom stereocenters. The molecule has 0 aliphatic rings. The van der Waals surface area contributed by atoms with Gasteiger partial charge in [-0.2, -0.15) is 0 Å². The van der Waals surface area contributed by atoms with Crippen molar-refractivity contribution >= 4 is 0 Å². The van der Waals surface area contributed by atoms with Crippen LogP contribution in [0.3, 0.4) is 0 Å². The van der Waals surface area contributed by atoms with Crippen molar-refractivity contribution in [2.24, 2.45) is 0 Å². The van der Waals surface area contributed by atoms with Crippen LogP contribution >= 0.6 is 0 Å². The minimum atomic E-state index is -0.291. The molecule has 1 aromatic carbocycles. The predicted molar refractivity (Wildman–Crippen MR) is 66.7 cm³/mol. The molecular weight excluding hydrogens is 200 g/mol. The number of ether oxygens (including phenoxy) is 1. The fourth-order valence-electron chi connectivity index (χ4n) is 1.90. The highest BCUT2D eigenvalue weighted by Gasteiger charge is 2.20. The minimum absolute atomic E-state index is 0.0173. The maximum atomic E-state index is 9.38. The summed E-state index contributed by atoms with van der Waals surface area (Å²) < 4.78 is 5.23. The van der Waals surface area contributed by atoms with Gasteiger partial charge in [-0.05, 0) is 24.5 Å². The monoisotopic (exact) mass is 222 g/mol. The van der Waals surface area contributed by atoms with Gasteiger partial charge in [-0.15, -0.1) is 0 Å². The van der Waals surface area contributed by atoms with Crippen molar-refractivity contribution < 1.29 is 9.84 Å². The lowest BCUT2D eigenvalue weighted by molar-refractivity contribution is 0.146. The molecule has 0 bridgehead atoms. The Morgan fingerprint density at radius 1 is 1.38 bits per heavy atom. The van der Waals surface area contributed by atoms with Gasteiger partial charge in [-0.25, -0.2) is 0 Å². The van der Waals surface area contributed by atoms with Crippen LogP contribution in [-0.2, 0) is 16.6 Å². The first-order chi connectivity index (χ1) is 7.45. The zero-order chi connectivity index (χ0) is 12.2. The molecule has 90 valence electrons. The Kier molecular flexibility index (Phi) is 4.51. The average Bonchev–Trinajstić information content (AvgIpc) is 2.17. The van der Waals surface area contributed by atoms with E-state index in [0.29, 0.717) is 13.0 Å². The molecule has 1 rings (SSSR count). The van der Waals surface area contributed by atoms with E-state index >= 15 is 0 Å². The van der Waals surface area contributed by atoms with Crippen LogP contribution < -0.4 is 0 Å². The summed E-state index contributed by atoms with van der Waals surface area (Å²) in [4.78, 5) is 0. The second-order valence-electron chi connectivity index (χ2n) is 5.07. The molecule has 1 aromatic rings. The number of aliphatic hydroxyl groups is 1. The first-order valence-corrected chi connectivity index (χ1v) is 5.72. The third-order valence-electron chi connectivity index (χ3n) is 2.74. The van der Waals surface area contributed by atoms with E-state index in [9.17, 15) is 5.11 Å². The Balaban J connectivity index is 2.89. The van der Waals surface area contributed by atoms with E-state index < -0.39 is 0 Å². The highest BCUT2D eigenvalue weighted by atomic mass is 16.5. The Bertz CT molecular complexity index is 329. The average molecular weight is 222 g/mol. The summed E-state index contributed by atoms with van der Waals surface area (Å²) in [5, 5.41) is 9.38. The van der Waals surface area contributed by atoms with Crippen LogP contribution in [-0.4, -0.2) is 24.9 Å². The molecule has 0 aliphatic heterocycles. The summed E-state index contributed by atoms with van der Waals surface area (Å²) in [6.07, 6.45) is 0.414. The Morgan fingerprint density at radius 2 is 2.06 bits per heavy atom. The molecule has 0 fully saturated rings. The van der Waals surface area contributed by atoms with Gasteiger partial charge < -0.3 is 9.84 Å². The number of methoxy groups -OCH3 is 1. The molecule has 0 heterocycles. The lowest BCUT2D eigenvalue weighted by atomic mass is 9.84. The molecule has 1 unspecified atom stereocenters. The number of benzene rings is 1. The van der Waals surface area contributed by atoms with E-state index in [0.717, 1.165) is 0 Å². The van der Waals surface area contributed by atoms with Gasteiger partial charge in [0.1, 0.15) is 0 Å². The maximum absolute atomic E-state index is 9.38. The number of rotatable bonds is 5. The SMILES string of the molecule is COCC(C)(C)c1cccc(CC(C)O)c1. The van der Waals surface area contributed by atoms with Crippen LogP contribution in [0.1, 0.15) is 31.9 Å². The predicted octanol–water partition coefficient (Wildman–Crippen LogP) is 2.53. The minimum Gasteiger partial charge on any atom is -0.393 e. The smallest absolute Gasteiger partial charge is 0.0553 e. The molecule has 0 spiro atoms. The van der Waals surface area contributed by atoms with E-state index in [1.807, 2.05) is 13.0 Å². The largest absolute Gasteiger partial charge is 0.393 e. The summed E-state index contributed by atoms with van der Waals surface area (Å²) in [6.45, 7) is 6.84. The van der Waals surface area contributed by atoms with Gasteiger partial charge in [0, 0.05) is 12.5 Å². The standard InChI is InChI=1S/C14H22O2/c1-11(15)8-12-6-5-7-13(9-12)14(2,3)10-16-4/h5-7,9,11,15H,8,10H2,1-4H3. The van der Waals surface area contributed by atoms with Gasteiger partial charge in [0.25, 0.3) is 0 Å². The highest BCUT2D eigenvalue weighted by Crippen LogP contribution is 2.24. The van der Waals surface area contributed by atoms with Crippen LogP contribution in [0, 0.1) is 0 Å². The summed E-state index contributed by atoms with van der Waals surface area (Å²) in [6, 6.07) is 8.37. The number of hydrogen-bond acceptors (Lipinski definition) is 2. The van der Waals surface area contributed by atoms with Crippen molar-refractivity contribution in [1.82, 2.24) is 0 Å². The van der Waals surface area contributed by atoms with Gasteiger partial charge >= 0.3 is 0 Å². The lowest BCUT2D eigenvalue weighted by Gasteiger charge is -2.24. The first kappa shape index (κ1) is 13.2. The quantitative estimate of drug-likeness (QED) is 0.829. The Labute approximate surface area is 98.3 Å². The zero-order valence-corrected chi connectivity index (χ0v) is 10.7. The van der Waals surface area contributed by atoms with Crippen LogP contribution in [0.15, 0.2) is 24.3 Å². The third kappa shape index (κ3) is 3.62. The van der Waals surface area contributed by atoms with Crippen molar-refractivity contribution in [3.05, 3.63) is 35.4 Å². The van der Waals surface area contributed by atoms with Crippen molar-refractivity contribution in [2.45, 2.75) is 38.7 Å². The molecule has 0 aliphatic carbocycles. The Hall–Kier alpha value is -0.860. The van der Waals surface area contributed by atoms with Crippen molar-refractivity contribution in [3.8, 4) is 0 Å². The van der Waals surface area contributed by atoms with Crippen LogP contribution in [0.2, 0.25) is 0 Å². The molecule has 0 amide bonds. The summed E-state index contributed by atoms with van der Waals surface area (Å²) in [7, 11) is 1.72. The molecule has 16 heavy (non-hydrogen) atoms. The first-order valence-electron chi connectivity index (χ1n) is 5.72. The molecule has 0 saturated carbocycles. The van der Waals surface area contributed by atoms with Crippen LogP contribution in [0.5, 0.6) is 0 Å². The van der Waals surface area contributed by atoms with E-state index in [-0.39, 0.29) is 11.5 Å². The molecule has 2 nitrogen and oxygen atoms in total. The van der Waals surface area contributed by atoms with Crippen molar-refractivity contribution in [3.63, 3.8) is 0 Å². The second kappa shape index (κ2) is 5.46. The van der Waals surface area contributed by atoms with Gasteiger partial charge in [0.05, 0.1) is 12.7 Å². The van der Waals surface area contributed by atoms with Gasteiger partial charge in [-0.1, -0.05) is 38.1 Å². The molecule has 0 radical (unpaired) electrons. The second-order valence-corrected chi connectivity index (χ2v) is 5.07.